The summed E-state index contributed by atoms with van der Waals surface area (Å²) < 4.78 is 1.70. The topological polar surface area (TPSA) is 255 Å². The van der Waals surface area contributed by atoms with E-state index in [1.807, 2.05) is 52.9 Å². The third-order valence-electron chi connectivity index (χ3n) is 6.19. The van der Waals surface area contributed by atoms with Crippen LogP contribution in [0.3, 0.4) is 0 Å². The summed E-state index contributed by atoms with van der Waals surface area (Å²) in [4.78, 5) is 78.2. The van der Waals surface area contributed by atoms with Crippen molar-refractivity contribution in [2.24, 2.45) is 5.92 Å². The van der Waals surface area contributed by atoms with Gasteiger partial charge in [-0.05, 0) is 53.9 Å². The number of benzene rings is 2. The van der Waals surface area contributed by atoms with Crippen LogP contribution < -0.4 is 21.7 Å². The number of aromatic nitrogens is 3. The summed E-state index contributed by atoms with van der Waals surface area (Å²) in [5.41, 5.74) is 9.55. The molecule has 244 valence electrons. The predicted octanol–water partition coefficient (Wildman–Crippen LogP) is 1.22. The highest BCUT2D eigenvalue weighted by Crippen LogP contribution is 2.27. The second-order valence-corrected chi connectivity index (χ2v) is 10.4. The van der Waals surface area contributed by atoms with Crippen LogP contribution >= 0.6 is 12.2 Å². The number of aromatic amines is 1. The quantitative estimate of drug-likeness (QED) is 0.0986. The van der Waals surface area contributed by atoms with Crippen LogP contribution in [-0.2, 0) is 25.7 Å². The molecule has 3 rings (SSSR count). The number of nitrogens with zero attached hydrogens (tertiary/aromatic N) is 4. The van der Waals surface area contributed by atoms with E-state index in [0.29, 0.717) is 11.7 Å². The average Bonchev–Trinajstić information content (AvgIpc) is 3.40. The van der Waals surface area contributed by atoms with Crippen molar-refractivity contribution in [3.63, 3.8) is 0 Å². The van der Waals surface area contributed by atoms with Crippen molar-refractivity contribution in [1.29, 1.82) is 0 Å². The smallest absolute Gasteiger partial charge is 0.295 e. The number of amides is 4. The first-order chi connectivity index (χ1) is 21.8. The number of rotatable bonds is 13. The van der Waals surface area contributed by atoms with Gasteiger partial charge in [0.05, 0.1) is 16.8 Å². The van der Waals surface area contributed by atoms with Crippen LogP contribution in [0.4, 0.5) is 0 Å². The van der Waals surface area contributed by atoms with E-state index < -0.39 is 47.0 Å². The summed E-state index contributed by atoms with van der Waals surface area (Å²) in [6, 6.07) is 11.9. The van der Waals surface area contributed by atoms with E-state index in [1.54, 1.807) is 4.57 Å². The van der Waals surface area contributed by atoms with Gasteiger partial charge in [0, 0.05) is 5.92 Å². The number of carbonyl (C=O) groups excluding carboxylic acids is 4. The van der Waals surface area contributed by atoms with Gasteiger partial charge in [-0.2, -0.15) is 5.10 Å². The number of nitrogens with one attached hydrogen (secondary N) is 5. The first-order valence-electron chi connectivity index (χ1n) is 13.4. The van der Waals surface area contributed by atoms with Gasteiger partial charge < -0.3 is 9.68 Å². The molecule has 20 heteroatoms. The van der Waals surface area contributed by atoms with Crippen molar-refractivity contribution in [1.82, 2.24) is 36.5 Å². The number of H-pyrrole nitrogens is 1. The molecule has 0 bridgehead atoms. The van der Waals surface area contributed by atoms with Gasteiger partial charge in [-0.1, -0.05) is 45.0 Å². The molecule has 3 aromatic rings. The molecule has 0 saturated carbocycles. The van der Waals surface area contributed by atoms with E-state index in [0.717, 1.165) is 12.0 Å². The van der Waals surface area contributed by atoms with Gasteiger partial charge in [-0.3, -0.25) is 50.5 Å². The molecule has 1 atom stereocenters. The van der Waals surface area contributed by atoms with Gasteiger partial charge in [0.25, 0.3) is 33.8 Å². The van der Waals surface area contributed by atoms with Crippen LogP contribution in [0.15, 0.2) is 42.5 Å². The average molecular weight is 660 g/mol. The maximum absolute atomic E-state index is 13.2. The maximum atomic E-state index is 13.2. The second-order valence-electron chi connectivity index (χ2n) is 10.0. The van der Waals surface area contributed by atoms with Crippen molar-refractivity contribution in [2.45, 2.75) is 33.1 Å². The van der Waals surface area contributed by atoms with Crippen molar-refractivity contribution >= 4 is 35.8 Å². The fraction of sp³-hybridized carbons (Fsp3) is 0.308. The molecule has 5 N–H and O–H groups in total. The molecular formula is C26H29N9O10S. The van der Waals surface area contributed by atoms with Crippen molar-refractivity contribution in [2.75, 3.05) is 13.2 Å². The molecule has 0 aliphatic heterocycles. The van der Waals surface area contributed by atoms with Crippen LogP contribution in [0.2, 0.25) is 0 Å². The SMILES string of the molecule is CC(C)Cc1ccc(C(C)c2n[nH]c(=S)n2-c2ccc(C(=O)NNC(=O)CO[N+](=O)[O-])c(C(=O)NNC(=O)CO[N+](=O)[O-])c2)cc1. The lowest BCUT2D eigenvalue weighted by Crippen LogP contribution is -2.46. The van der Waals surface area contributed by atoms with Gasteiger partial charge >= 0.3 is 0 Å². The lowest BCUT2D eigenvalue weighted by atomic mass is 9.96. The Morgan fingerprint density at radius 3 is 1.93 bits per heavy atom. The summed E-state index contributed by atoms with van der Waals surface area (Å²) in [5.74, 6) is -3.58. The van der Waals surface area contributed by atoms with E-state index in [9.17, 15) is 39.4 Å². The lowest BCUT2D eigenvalue weighted by molar-refractivity contribution is -0.754. The van der Waals surface area contributed by atoms with E-state index in [-0.39, 0.29) is 27.5 Å². The zero-order valence-electron chi connectivity index (χ0n) is 24.6. The summed E-state index contributed by atoms with van der Waals surface area (Å²) in [6.45, 7) is 4.12. The molecule has 1 aromatic heterocycles. The Kier molecular flexibility index (Phi) is 11.8. The highest BCUT2D eigenvalue weighted by Gasteiger charge is 2.23. The molecule has 0 saturated heterocycles. The summed E-state index contributed by atoms with van der Waals surface area (Å²) in [6.07, 6.45) is 0.914. The summed E-state index contributed by atoms with van der Waals surface area (Å²) >= 11 is 5.47. The Morgan fingerprint density at radius 2 is 1.41 bits per heavy atom. The van der Waals surface area contributed by atoms with Crippen LogP contribution in [0.1, 0.15) is 64.4 Å². The Balaban J connectivity index is 1.95. The zero-order valence-corrected chi connectivity index (χ0v) is 25.4. The second kappa shape index (κ2) is 15.7. The molecule has 19 nitrogen and oxygen atoms in total. The van der Waals surface area contributed by atoms with Crippen LogP contribution in [0.25, 0.3) is 5.69 Å². The first-order valence-corrected chi connectivity index (χ1v) is 13.8. The minimum atomic E-state index is -1.20. The first kappa shape index (κ1) is 34.6. The normalized spacial score (nSPS) is 11.2. The number of carbonyl (C=O) groups is 4. The summed E-state index contributed by atoms with van der Waals surface area (Å²) in [5, 5.41) is 25.3. The Hall–Kier alpha value is -5.92. The van der Waals surface area contributed by atoms with Crippen molar-refractivity contribution in [3.8, 4) is 5.69 Å². The molecule has 1 unspecified atom stereocenters. The largest absolute Gasteiger partial charge is 0.304 e. The molecule has 0 fully saturated rings. The van der Waals surface area contributed by atoms with Crippen molar-refractivity contribution in [3.05, 3.63) is 95.5 Å². The van der Waals surface area contributed by atoms with Gasteiger partial charge in [-0.25, -0.2) is 0 Å². The molecule has 1 heterocycles. The van der Waals surface area contributed by atoms with Gasteiger partial charge in [0.2, 0.25) is 0 Å². The van der Waals surface area contributed by atoms with Crippen molar-refractivity contribution < 1.29 is 39.0 Å². The van der Waals surface area contributed by atoms with Crippen LogP contribution in [0.5, 0.6) is 0 Å². The molecule has 4 amide bonds. The van der Waals surface area contributed by atoms with E-state index in [1.165, 1.54) is 23.8 Å². The van der Waals surface area contributed by atoms with E-state index in [4.69, 9.17) is 12.2 Å². The number of hydrogen-bond donors (Lipinski definition) is 5. The third kappa shape index (κ3) is 9.54. The summed E-state index contributed by atoms with van der Waals surface area (Å²) in [7, 11) is 0. The zero-order chi connectivity index (χ0) is 34.0. The number of hydrogen-bond acceptors (Lipinski definition) is 12. The van der Waals surface area contributed by atoms with Gasteiger partial charge in [0.1, 0.15) is 5.82 Å². The lowest BCUT2D eigenvalue weighted by Gasteiger charge is -2.17. The molecule has 0 aliphatic carbocycles. The highest BCUT2D eigenvalue weighted by atomic mass is 32.1. The van der Waals surface area contributed by atoms with Gasteiger partial charge in [-0.15, -0.1) is 20.2 Å². The monoisotopic (exact) mass is 659 g/mol. The Bertz CT molecular complexity index is 1690. The Morgan fingerprint density at radius 1 is 0.870 bits per heavy atom. The molecule has 2 aromatic carbocycles. The van der Waals surface area contributed by atoms with E-state index in [2.05, 4.69) is 33.7 Å². The fourth-order valence-electron chi connectivity index (χ4n) is 4.15. The molecule has 0 aliphatic rings. The highest BCUT2D eigenvalue weighted by molar-refractivity contribution is 7.71. The maximum Gasteiger partial charge on any atom is 0.295 e. The fourth-order valence-corrected chi connectivity index (χ4v) is 4.40. The third-order valence-corrected chi connectivity index (χ3v) is 6.47. The Labute approximate surface area is 264 Å². The minimum Gasteiger partial charge on any atom is -0.304 e. The molecular weight excluding hydrogens is 630 g/mol. The molecule has 0 spiro atoms. The standard InChI is InChI=1S/C26H29N9O10S/c1-14(2)10-16-4-6-17(7-5-16)15(3)23-29-32-26(46)33(23)18-8-9-19(24(38)30-27-21(36)12-44-34(40)41)20(11-18)25(39)31-28-22(37)13-45-35(42)43/h4-9,11,14-15H,10,12-13H2,1-3H3,(H,27,36)(H,28,37)(H,30,38)(H,31,39)(H,32,46). The molecule has 0 radical (unpaired) electrons. The van der Waals surface area contributed by atoms with Crippen LogP contribution in [-0.4, -0.2) is 61.8 Å². The minimum absolute atomic E-state index is 0.158. The van der Waals surface area contributed by atoms with Gasteiger partial charge in [0.15, 0.2) is 18.0 Å². The van der Waals surface area contributed by atoms with Crippen LogP contribution in [0, 0.1) is 30.9 Å². The predicted molar refractivity (Wildman–Crippen MR) is 158 cm³/mol. The molecule has 46 heavy (non-hydrogen) atoms. The van der Waals surface area contributed by atoms with E-state index >= 15 is 0 Å². The number of hydrazine groups is 2.